The predicted octanol–water partition coefficient (Wildman–Crippen LogP) is 1.69. The number of aliphatic hydroxyl groups is 4. The van der Waals surface area contributed by atoms with E-state index in [1.807, 2.05) is 12.1 Å². The standard InChI is InChI=1S/C24H26O5S/c1-3-14-5-7-15(8-6-14)9-17-11-19-18(10-16(17)4-2)13-29-24(19)23(28)22(27)21(26)20(12-25)30-24/h2,5-8,10-11,20-23,25-28H,3,9,12-13H2,1H3/t20-,21-,22+,23-,24+/m1/s1. The number of ether oxygens (including phenoxy) is 1. The first-order valence-corrected chi connectivity index (χ1v) is 11.0. The molecule has 2 aromatic rings. The van der Waals surface area contributed by atoms with Gasteiger partial charge in [0.05, 0.1) is 24.6 Å². The third-order valence-electron chi connectivity index (χ3n) is 6.08. The van der Waals surface area contributed by atoms with Crippen LogP contribution in [0.15, 0.2) is 36.4 Å². The molecule has 0 amide bonds. The molecule has 5 nitrogen and oxygen atoms in total. The van der Waals surface area contributed by atoms with Crippen molar-refractivity contribution in [3.8, 4) is 12.3 Å². The molecule has 4 N–H and O–H groups in total. The summed E-state index contributed by atoms with van der Waals surface area (Å²) >= 11 is 1.15. The normalized spacial score (nSPS) is 30.3. The fourth-order valence-corrected chi connectivity index (χ4v) is 5.82. The summed E-state index contributed by atoms with van der Waals surface area (Å²) in [6.45, 7) is 2.01. The minimum Gasteiger partial charge on any atom is -0.395 e. The second kappa shape index (κ2) is 8.35. The number of terminal acetylenes is 1. The average Bonchev–Trinajstić information content (AvgIpc) is 3.13. The summed E-state index contributed by atoms with van der Waals surface area (Å²) in [6.07, 6.45) is 3.37. The zero-order valence-electron chi connectivity index (χ0n) is 16.8. The molecule has 0 radical (unpaired) electrons. The van der Waals surface area contributed by atoms with Gasteiger partial charge in [0, 0.05) is 11.1 Å². The second-order valence-electron chi connectivity index (χ2n) is 7.88. The van der Waals surface area contributed by atoms with E-state index in [1.54, 1.807) is 0 Å². The quantitative estimate of drug-likeness (QED) is 0.557. The molecule has 6 heteroatoms. The molecule has 0 bridgehead atoms. The first kappa shape index (κ1) is 21.4. The zero-order valence-corrected chi connectivity index (χ0v) is 17.6. The zero-order chi connectivity index (χ0) is 21.5. The van der Waals surface area contributed by atoms with Crippen LogP contribution in [0.2, 0.25) is 0 Å². The Balaban J connectivity index is 1.75. The van der Waals surface area contributed by atoms with Crippen molar-refractivity contribution in [3.63, 3.8) is 0 Å². The molecule has 1 saturated heterocycles. The molecule has 4 rings (SSSR count). The maximum absolute atomic E-state index is 10.8. The number of hydrogen-bond donors (Lipinski definition) is 4. The summed E-state index contributed by atoms with van der Waals surface area (Å²) in [5.74, 6) is 2.75. The van der Waals surface area contributed by atoms with E-state index >= 15 is 0 Å². The Morgan fingerprint density at radius 3 is 2.47 bits per heavy atom. The first-order valence-electron chi connectivity index (χ1n) is 10.1. The van der Waals surface area contributed by atoms with Gasteiger partial charge in [0.1, 0.15) is 12.2 Å². The molecular weight excluding hydrogens is 400 g/mol. The summed E-state index contributed by atoms with van der Waals surface area (Å²) in [6, 6.07) is 12.2. The number of fused-ring (bicyclic) bond motifs is 2. The molecule has 0 unspecified atom stereocenters. The number of hydrogen-bond acceptors (Lipinski definition) is 6. The summed E-state index contributed by atoms with van der Waals surface area (Å²) < 4.78 is 6.01. The maximum atomic E-state index is 10.8. The summed E-state index contributed by atoms with van der Waals surface area (Å²) in [7, 11) is 0. The maximum Gasteiger partial charge on any atom is 0.168 e. The lowest BCUT2D eigenvalue weighted by Crippen LogP contribution is -2.58. The molecule has 1 spiro atoms. The topological polar surface area (TPSA) is 90.2 Å². The molecule has 2 heterocycles. The van der Waals surface area contributed by atoms with Crippen molar-refractivity contribution in [2.45, 2.75) is 54.9 Å². The highest BCUT2D eigenvalue weighted by molar-refractivity contribution is 8.00. The van der Waals surface area contributed by atoms with Gasteiger partial charge in [-0.1, -0.05) is 37.1 Å². The molecule has 158 valence electrons. The van der Waals surface area contributed by atoms with Crippen LogP contribution in [0.3, 0.4) is 0 Å². The van der Waals surface area contributed by atoms with E-state index in [4.69, 9.17) is 11.2 Å². The van der Waals surface area contributed by atoms with E-state index < -0.39 is 28.5 Å². The van der Waals surface area contributed by atoms with Crippen LogP contribution < -0.4 is 0 Å². The van der Waals surface area contributed by atoms with Crippen LogP contribution in [0, 0.1) is 12.3 Å². The van der Waals surface area contributed by atoms with Crippen molar-refractivity contribution >= 4 is 11.8 Å². The minimum atomic E-state index is -1.42. The SMILES string of the molecule is C#Cc1cc2c(cc1Cc1ccc(CC)cc1)[C@]1(OC2)S[C@H](CO)[C@@H](O)[C@H](O)[C@H]1O. The van der Waals surface area contributed by atoms with Gasteiger partial charge in [0.2, 0.25) is 0 Å². The molecule has 2 aliphatic rings. The molecule has 5 atom stereocenters. The minimum absolute atomic E-state index is 0.237. The Bertz CT molecular complexity index is 965. The van der Waals surface area contributed by atoms with Crippen molar-refractivity contribution in [1.82, 2.24) is 0 Å². The van der Waals surface area contributed by atoms with Crippen molar-refractivity contribution in [2.75, 3.05) is 6.61 Å². The van der Waals surface area contributed by atoms with Gasteiger partial charge in [0.15, 0.2) is 4.93 Å². The lowest BCUT2D eigenvalue weighted by Gasteiger charge is -2.45. The van der Waals surface area contributed by atoms with Crippen LogP contribution in [0.5, 0.6) is 0 Å². The van der Waals surface area contributed by atoms with Crippen LogP contribution in [0.4, 0.5) is 0 Å². The van der Waals surface area contributed by atoms with Gasteiger partial charge in [-0.05, 0) is 47.2 Å². The molecule has 2 aromatic carbocycles. The van der Waals surface area contributed by atoms with Gasteiger partial charge in [0.25, 0.3) is 0 Å². The molecule has 1 fully saturated rings. The number of rotatable bonds is 4. The Morgan fingerprint density at radius 2 is 1.83 bits per heavy atom. The Kier molecular flexibility index (Phi) is 5.95. The molecular formula is C24H26O5S. The van der Waals surface area contributed by atoms with E-state index in [0.29, 0.717) is 6.42 Å². The first-order chi connectivity index (χ1) is 14.4. The third kappa shape index (κ3) is 3.46. The number of aliphatic hydroxyl groups excluding tert-OH is 4. The van der Waals surface area contributed by atoms with Crippen LogP contribution in [-0.2, 0) is 29.1 Å². The van der Waals surface area contributed by atoms with Crippen molar-refractivity contribution in [2.24, 2.45) is 0 Å². The van der Waals surface area contributed by atoms with Gasteiger partial charge in [-0.2, -0.15) is 0 Å². The van der Waals surface area contributed by atoms with Crippen molar-refractivity contribution in [1.29, 1.82) is 0 Å². The molecule has 0 aromatic heterocycles. The highest BCUT2D eigenvalue weighted by atomic mass is 32.2. The van der Waals surface area contributed by atoms with Crippen LogP contribution in [0.25, 0.3) is 0 Å². The second-order valence-corrected chi connectivity index (χ2v) is 9.33. The fraction of sp³-hybridized carbons (Fsp3) is 0.417. The molecule has 0 aliphatic carbocycles. The Morgan fingerprint density at radius 1 is 1.13 bits per heavy atom. The Labute approximate surface area is 180 Å². The number of aryl methyl sites for hydroxylation is 1. The van der Waals surface area contributed by atoms with Gasteiger partial charge < -0.3 is 25.2 Å². The number of benzene rings is 2. The van der Waals surface area contributed by atoms with Gasteiger partial charge in [-0.15, -0.1) is 18.2 Å². The van der Waals surface area contributed by atoms with Gasteiger partial charge in [-0.3, -0.25) is 0 Å². The fourth-order valence-electron chi connectivity index (χ4n) is 4.27. The van der Waals surface area contributed by atoms with E-state index in [2.05, 4.69) is 37.1 Å². The highest BCUT2D eigenvalue weighted by Gasteiger charge is 2.57. The smallest absolute Gasteiger partial charge is 0.168 e. The number of thioether (sulfide) groups is 1. The monoisotopic (exact) mass is 426 g/mol. The largest absolute Gasteiger partial charge is 0.395 e. The summed E-state index contributed by atoms with van der Waals surface area (Å²) in [5.41, 5.74) is 5.67. The average molecular weight is 427 g/mol. The van der Waals surface area contributed by atoms with Gasteiger partial charge >= 0.3 is 0 Å². The van der Waals surface area contributed by atoms with Crippen molar-refractivity contribution in [3.05, 3.63) is 69.8 Å². The van der Waals surface area contributed by atoms with Gasteiger partial charge in [-0.25, -0.2) is 0 Å². The van der Waals surface area contributed by atoms with Crippen LogP contribution >= 0.6 is 11.8 Å². The summed E-state index contributed by atoms with van der Waals surface area (Å²) in [4.78, 5) is -1.25. The third-order valence-corrected chi connectivity index (χ3v) is 7.74. The lowest BCUT2D eigenvalue weighted by molar-refractivity contribution is -0.147. The van der Waals surface area contributed by atoms with Crippen LogP contribution in [0.1, 0.15) is 40.3 Å². The highest BCUT2D eigenvalue weighted by Crippen LogP contribution is 2.54. The van der Waals surface area contributed by atoms with E-state index in [0.717, 1.165) is 46.0 Å². The van der Waals surface area contributed by atoms with Crippen LogP contribution in [-0.4, -0.2) is 50.6 Å². The molecule has 0 saturated carbocycles. The summed E-state index contributed by atoms with van der Waals surface area (Å²) in [5, 5.41) is 40.5. The lowest BCUT2D eigenvalue weighted by atomic mass is 9.89. The van der Waals surface area contributed by atoms with E-state index in [-0.39, 0.29) is 13.2 Å². The van der Waals surface area contributed by atoms with Crippen molar-refractivity contribution < 1.29 is 25.2 Å². The van der Waals surface area contributed by atoms with E-state index in [1.165, 1.54) is 5.56 Å². The molecule has 30 heavy (non-hydrogen) atoms. The predicted molar refractivity (Wildman–Crippen MR) is 116 cm³/mol. The van der Waals surface area contributed by atoms with E-state index in [9.17, 15) is 20.4 Å². The Hall–Kier alpha value is -1.85. The molecule has 2 aliphatic heterocycles.